The first kappa shape index (κ1) is 15.2. The van der Waals surface area contributed by atoms with E-state index in [-0.39, 0.29) is 5.56 Å². The van der Waals surface area contributed by atoms with Gasteiger partial charge in [-0.3, -0.25) is 14.4 Å². The number of hydrogen-bond donors (Lipinski definition) is 2. The fraction of sp³-hybridized carbons (Fsp3) is 0.571. The van der Waals surface area contributed by atoms with Crippen LogP contribution in [0.5, 0.6) is 0 Å². The van der Waals surface area contributed by atoms with Crippen molar-refractivity contribution in [3.05, 3.63) is 27.2 Å². The van der Waals surface area contributed by atoms with Gasteiger partial charge in [0.2, 0.25) is 0 Å². The van der Waals surface area contributed by atoms with Gasteiger partial charge in [-0.2, -0.15) is 5.10 Å². The van der Waals surface area contributed by atoms with E-state index in [9.17, 15) is 14.4 Å². The van der Waals surface area contributed by atoms with Crippen LogP contribution in [0.2, 0.25) is 0 Å². The van der Waals surface area contributed by atoms with Gasteiger partial charge in [0.1, 0.15) is 5.56 Å². The van der Waals surface area contributed by atoms with Crippen LogP contribution in [0.3, 0.4) is 0 Å². The number of carboxylic acid groups (broad SMARTS) is 1. The van der Waals surface area contributed by atoms with Crippen molar-refractivity contribution in [1.82, 2.24) is 15.1 Å². The molecule has 0 aromatic carbocycles. The zero-order valence-corrected chi connectivity index (χ0v) is 12.3. The summed E-state index contributed by atoms with van der Waals surface area (Å²) < 4.78 is 1.13. The van der Waals surface area contributed by atoms with E-state index in [1.807, 2.05) is 0 Å². The molecule has 2 rings (SSSR count). The molecule has 1 aromatic heterocycles. The van der Waals surface area contributed by atoms with Crippen LogP contribution in [-0.2, 0) is 11.8 Å². The number of nitrogens with zero attached hydrogens (tertiary/aromatic N) is 2. The molecule has 1 heterocycles. The topological polar surface area (TPSA) is 101 Å². The van der Waals surface area contributed by atoms with E-state index in [0.29, 0.717) is 24.1 Å². The highest BCUT2D eigenvalue weighted by Gasteiger charge is 2.34. The summed E-state index contributed by atoms with van der Waals surface area (Å²) in [7, 11) is 1.49. The lowest BCUT2D eigenvalue weighted by Gasteiger charge is -2.18. The van der Waals surface area contributed by atoms with Crippen molar-refractivity contribution in [3.63, 3.8) is 0 Å². The first-order valence-corrected chi connectivity index (χ1v) is 6.91. The van der Waals surface area contributed by atoms with Crippen molar-refractivity contribution >= 4 is 11.9 Å². The number of amides is 1. The number of nitrogens with one attached hydrogen (secondary N) is 1. The summed E-state index contributed by atoms with van der Waals surface area (Å²) in [6.07, 6.45) is 1.92. The molecule has 1 aliphatic rings. The van der Waals surface area contributed by atoms with E-state index in [1.165, 1.54) is 7.05 Å². The molecule has 21 heavy (non-hydrogen) atoms. The van der Waals surface area contributed by atoms with Crippen molar-refractivity contribution in [3.8, 4) is 0 Å². The molecular formula is C14H19N3O4. The smallest absolute Gasteiger partial charge is 0.308 e. The van der Waals surface area contributed by atoms with E-state index in [0.717, 1.165) is 11.1 Å². The number of carboxylic acids is 1. The molecule has 7 heteroatoms. The van der Waals surface area contributed by atoms with Gasteiger partial charge >= 0.3 is 5.97 Å². The minimum absolute atomic E-state index is 0.0426. The second kappa shape index (κ2) is 5.67. The van der Waals surface area contributed by atoms with Crippen LogP contribution in [-0.4, -0.2) is 32.8 Å². The average molecular weight is 293 g/mol. The molecule has 0 radical (unpaired) electrons. The first-order chi connectivity index (χ1) is 9.82. The Morgan fingerprint density at radius 2 is 2.00 bits per heavy atom. The zero-order chi connectivity index (χ0) is 15.7. The first-order valence-electron chi connectivity index (χ1n) is 6.91. The lowest BCUT2D eigenvalue weighted by Crippen LogP contribution is -2.43. The van der Waals surface area contributed by atoms with Gasteiger partial charge in [0.05, 0.1) is 11.6 Å². The molecule has 1 amide bonds. The maximum absolute atomic E-state index is 12.4. The summed E-state index contributed by atoms with van der Waals surface area (Å²) in [6.45, 7) is 3.39. The third-order valence-electron chi connectivity index (χ3n) is 4.10. The number of aryl methyl sites for hydroxylation is 2. The molecule has 114 valence electrons. The lowest BCUT2D eigenvalue weighted by atomic mass is 10.0. The normalized spacial score (nSPS) is 21.3. The molecule has 2 unspecified atom stereocenters. The van der Waals surface area contributed by atoms with Crippen molar-refractivity contribution < 1.29 is 14.7 Å². The lowest BCUT2D eigenvalue weighted by molar-refractivity contribution is -0.142. The molecule has 0 aliphatic heterocycles. The van der Waals surface area contributed by atoms with Gasteiger partial charge < -0.3 is 10.4 Å². The molecule has 0 bridgehead atoms. The van der Waals surface area contributed by atoms with Gasteiger partial charge in [-0.15, -0.1) is 0 Å². The van der Waals surface area contributed by atoms with Gasteiger partial charge in [-0.05, 0) is 32.3 Å². The van der Waals surface area contributed by atoms with Crippen LogP contribution in [0, 0.1) is 19.8 Å². The second-order valence-electron chi connectivity index (χ2n) is 5.47. The quantitative estimate of drug-likeness (QED) is 0.839. The number of aliphatic carboxylic acids is 1. The Morgan fingerprint density at radius 1 is 1.33 bits per heavy atom. The highest BCUT2D eigenvalue weighted by atomic mass is 16.4. The molecular weight excluding hydrogens is 274 g/mol. The fourth-order valence-corrected chi connectivity index (χ4v) is 2.78. The van der Waals surface area contributed by atoms with Crippen LogP contribution in [0.15, 0.2) is 4.79 Å². The van der Waals surface area contributed by atoms with Gasteiger partial charge in [-0.1, -0.05) is 6.42 Å². The largest absolute Gasteiger partial charge is 0.481 e. The molecule has 1 aromatic rings. The van der Waals surface area contributed by atoms with Crippen LogP contribution in [0.1, 0.15) is 40.9 Å². The average Bonchev–Trinajstić information content (AvgIpc) is 2.85. The number of hydrogen-bond acceptors (Lipinski definition) is 4. The summed E-state index contributed by atoms with van der Waals surface area (Å²) in [5.74, 6) is -2.01. The fourth-order valence-electron chi connectivity index (χ4n) is 2.78. The predicted octanol–water partition coefficient (Wildman–Crippen LogP) is 0.380. The molecule has 0 saturated heterocycles. The van der Waals surface area contributed by atoms with Gasteiger partial charge in [0.15, 0.2) is 0 Å². The third kappa shape index (κ3) is 2.81. The Kier molecular flexibility index (Phi) is 4.11. The summed E-state index contributed by atoms with van der Waals surface area (Å²) >= 11 is 0. The highest BCUT2D eigenvalue weighted by molar-refractivity contribution is 5.95. The van der Waals surface area contributed by atoms with E-state index in [2.05, 4.69) is 10.4 Å². The second-order valence-corrected chi connectivity index (χ2v) is 5.47. The van der Waals surface area contributed by atoms with E-state index in [4.69, 9.17) is 5.11 Å². The maximum Gasteiger partial charge on any atom is 0.308 e. The Hall–Kier alpha value is -2.18. The molecule has 7 nitrogen and oxygen atoms in total. The van der Waals surface area contributed by atoms with Gasteiger partial charge in [0.25, 0.3) is 11.5 Å². The highest BCUT2D eigenvalue weighted by Crippen LogP contribution is 2.26. The van der Waals surface area contributed by atoms with E-state index in [1.54, 1.807) is 13.8 Å². The third-order valence-corrected chi connectivity index (χ3v) is 4.10. The Bertz CT molecular complexity index is 650. The van der Waals surface area contributed by atoms with Crippen LogP contribution >= 0.6 is 0 Å². The SMILES string of the molecule is Cc1nn(C)c(=O)c(C(=O)NC2CCCC2C(=O)O)c1C. The monoisotopic (exact) mass is 293 g/mol. The predicted molar refractivity (Wildman–Crippen MR) is 75.2 cm³/mol. The molecule has 2 atom stereocenters. The minimum Gasteiger partial charge on any atom is -0.481 e. The molecule has 1 aliphatic carbocycles. The van der Waals surface area contributed by atoms with Gasteiger partial charge in [0, 0.05) is 13.1 Å². The van der Waals surface area contributed by atoms with Crippen molar-refractivity contribution in [1.29, 1.82) is 0 Å². The molecule has 2 N–H and O–H groups in total. The Morgan fingerprint density at radius 3 is 2.62 bits per heavy atom. The summed E-state index contributed by atoms with van der Waals surface area (Å²) in [6, 6.07) is -0.424. The summed E-state index contributed by atoms with van der Waals surface area (Å²) in [5, 5.41) is 15.9. The van der Waals surface area contributed by atoms with Crippen molar-refractivity contribution in [2.45, 2.75) is 39.2 Å². The molecule has 0 spiro atoms. The van der Waals surface area contributed by atoms with E-state index < -0.39 is 29.4 Å². The zero-order valence-electron chi connectivity index (χ0n) is 12.3. The minimum atomic E-state index is -0.909. The van der Waals surface area contributed by atoms with Crippen molar-refractivity contribution in [2.75, 3.05) is 0 Å². The number of carbonyl (C=O) groups is 2. The number of rotatable bonds is 3. The molecule has 1 saturated carbocycles. The van der Waals surface area contributed by atoms with Crippen LogP contribution < -0.4 is 10.9 Å². The summed E-state index contributed by atoms with van der Waals surface area (Å²) in [5.41, 5.74) is 0.699. The number of aromatic nitrogens is 2. The van der Waals surface area contributed by atoms with Crippen LogP contribution in [0.4, 0.5) is 0 Å². The molecule has 1 fully saturated rings. The number of carbonyl (C=O) groups excluding carboxylic acids is 1. The van der Waals surface area contributed by atoms with Crippen molar-refractivity contribution in [2.24, 2.45) is 13.0 Å². The van der Waals surface area contributed by atoms with Crippen LogP contribution in [0.25, 0.3) is 0 Å². The standard InChI is InChI=1S/C14H19N3O4/c1-7-8(2)16-17(3)13(19)11(7)12(18)15-10-6-4-5-9(10)14(20)21/h9-10H,4-6H2,1-3H3,(H,15,18)(H,20,21). The summed E-state index contributed by atoms with van der Waals surface area (Å²) in [4.78, 5) is 35.6. The van der Waals surface area contributed by atoms with Gasteiger partial charge in [-0.25, -0.2) is 4.68 Å². The Balaban J connectivity index is 2.30. The Labute approximate surface area is 122 Å². The van der Waals surface area contributed by atoms with E-state index >= 15 is 0 Å². The maximum atomic E-state index is 12.4.